The number of hydrogen-bond donors (Lipinski definition) is 3. The molecule has 0 bridgehead atoms. The molecule has 0 spiro atoms. The van der Waals surface area contributed by atoms with E-state index in [1.54, 1.807) is 0 Å². The van der Waals surface area contributed by atoms with Gasteiger partial charge in [-0.25, -0.2) is 4.79 Å². The number of nitrogens with one attached hydrogen (secondary N) is 2. The van der Waals surface area contributed by atoms with E-state index in [4.69, 9.17) is 5.11 Å². The summed E-state index contributed by atoms with van der Waals surface area (Å²) < 4.78 is 0. The summed E-state index contributed by atoms with van der Waals surface area (Å²) in [6, 6.07) is -0.00497. The molecule has 4 nitrogen and oxygen atoms in total. The second kappa shape index (κ2) is 7.73. The first-order valence-electron chi connectivity index (χ1n) is 7.36. The molecule has 0 aromatic carbocycles. The Morgan fingerprint density at radius 1 is 1.21 bits per heavy atom. The molecule has 114 valence electrons. The van der Waals surface area contributed by atoms with Crippen LogP contribution in [0.25, 0.3) is 0 Å². The topological polar surface area (TPSA) is 61.4 Å². The van der Waals surface area contributed by atoms with Crippen LogP contribution in [0, 0.1) is 10.8 Å². The molecule has 0 saturated carbocycles. The van der Waals surface area contributed by atoms with Gasteiger partial charge in [0, 0.05) is 19.2 Å². The first-order valence-corrected chi connectivity index (χ1v) is 7.36. The van der Waals surface area contributed by atoms with Crippen LogP contribution in [0.15, 0.2) is 0 Å². The molecule has 0 aliphatic rings. The van der Waals surface area contributed by atoms with Crippen LogP contribution in [0.2, 0.25) is 0 Å². The molecule has 0 fully saturated rings. The highest BCUT2D eigenvalue weighted by molar-refractivity contribution is 5.74. The molecule has 2 amide bonds. The lowest BCUT2D eigenvalue weighted by Crippen LogP contribution is -2.49. The zero-order valence-electron chi connectivity index (χ0n) is 13.5. The monoisotopic (exact) mass is 272 g/mol. The van der Waals surface area contributed by atoms with Crippen LogP contribution < -0.4 is 10.6 Å². The van der Waals surface area contributed by atoms with Crippen LogP contribution in [-0.2, 0) is 0 Å². The molecule has 0 aliphatic heterocycles. The van der Waals surface area contributed by atoms with Crippen LogP contribution in [0.3, 0.4) is 0 Å². The van der Waals surface area contributed by atoms with E-state index < -0.39 is 0 Å². The number of urea groups is 1. The van der Waals surface area contributed by atoms with E-state index >= 15 is 0 Å². The van der Waals surface area contributed by atoms with E-state index in [9.17, 15) is 4.79 Å². The average Bonchev–Trinajstić information content (AvgIpc) is 2.33. The Balaban J connectivity index is 4.34. The van der Waals surface area contributed by atoms with E-state index in [0.717, 1.165) is 19.3 Å². The van der Waals surface area contributed by atoms with Gasteiger partial charge in [0.25, 0.3) is 0 Å². The predicted molar refractivity (Wildman–Crippen MR) is 80.2 cm³/mol. The van der Waals surface area contributed by atoms with Gasteiger partial charge in [0.05, 0.1) is 0 Å². The average molecular weight is 272 g/mol. The number of amides is 2. The molecular formula is C15H32N2O2. The molecule has 4 heteroatoms. The lowest BCUT2D eigenvalue weighted by atomic mass is 9.79. The van der Waals surface area contributed by atoms with E-state index in [1.165, 1.54) is 0 Å². The van der Waals surface area contributed by atoms with Crippen molar-refractivity contribution < 1.29 is 9.90 Å². The Kier molecular flexibility index (Phi) is 7.42. The van der Waals surface area contributed by atoms with Crippen molar-refractivity contribution in [1.29, 1.82) is 0 Å². The maximum Gasteiger partial charge on any atom is 0.315 e. The number of hydrogen-bond acceptors (Lipinski definition) is 2. The number of rotatable bonds is 7. The maximum absolute atomic E-state index is 11.9. The van der Waals surface area contributed by atoms with Crippen molar-refractivity contribution in [3.05, 3.63) is 0 Å². The second-order valence-corrected chi connectivity index (χ2v) is 6.60. The quantitative estimate of drug-likeness (QED) is 0.667. The van der Waals surface area contributed by atoms with Crippen molar-refractivity contribution in [3.8, 4) is 0 Å². The Bertz CT molecular complexity index is 268. The van der Waals surface area contributed by atoms with E-state index in [-0.39, 0.29) is 29.5 Å². The van der Waals surface area contributed by atoms with Gasteiger partial charge in [0.2, 0.25) is 0 Å². The first-order chi connectivity index (χ1) is 8.70. The van der Waals surface area contributed by atoms with E-state index in [1.807, 2.05) is 6.92 Å². The fraction of sp³-hybridized carbons (Fsp3) is 0.933. The van der Waals surface area contributed by atoms with Gasteiger partial charge in [0.15, 0.2) is 0 Å². The third-order valence-electron chi connectivity index (χ3n) is 4.41. The zero-order valence-corrected chi connectivity index (χ0v) is 13.5. The van der Waals surface area contributed by atoms with Crippen molar-refractivity contribution in [2.45, 2.75) is 66.8 Å². The van der Waals surface area contributed by atoms with Crippen molar-refractivity contribution in [1.82, 2.24) is 10.6 Å². The van der Waals surface area contributed by atoms with Gasteiger partial charge in [-0.1, -0.05) is 34.6 Å². The SMILES string of the molecule is CCC(CC)(CCO)CNC(=O)NC(C)C(C)(C)C. The summed E-state index contributed by atoms with van der Waals surface area (Å²) in [6.07, 6.45) is 2.65. The van der Waals surface area contributed by atoms with Gasteiger partial charge >= 0.3 is 6.03 Å². The van der Waals surface area contributed by atoms with Gasteiger partial charge < -0.3 is 15.7 Å². The van der Waals surface area contributed by atoms with Crippen LogP contribution in [0.5, 0.6) is 0 Å². The van der Waals surface area contributed by atoms with Gasteiger partial charge in [-0.15, -0.1) is 0 Å². The standard InChI is InChI=1S/C15H32N2O2/c1-7-15(8-2,9-10-18)11-16-13(19)17-12(3)14(4,5)6/h12,18H,7-11H2,1-6H3,(H2,16,17,19). The van der Waals surface area contributed by atoms with Crippen molar-refractivity contribution >= 4 is 6.03 Å². The summed E-state index contributed by atoms with van der Waals surface area (Å²) in [7, 11) is 0. The van der Waals surface area contributed by atoms with Gasteiger partial charge in [0.1, 0.15) is 0 Å². The number of carbonyl (C=O) groups excluding carboxylic acids is 1. The molecule has 0 saturated heterocycles. The van der Waals surface area contributed by atoms with Crippen molar-refractivity contribution in [2.24, 2.45) is 10.8 Å². The highest BCUT2D eigenvalue weighted by Crippen LogP contribution is 2.29. The van der Waals surface area contributed by atoms with Crippen molar-refractivity contribution in [3.63, 3.8) is 0 Å². The van der Waals surface area contributed by atoms with Gasteiger partial charge in [-0.2, -0.15) is 0 Å². The van der Waals surface area contributed by atoms with Crippen LogP contribution in [-0.4, -0.2) is 30.3 Å². The molecular weight excluding hydrogens is 240 g/mol. The summed E-state index contributed by atoms with van der Waals surface area (Å²) in [5.41, 5.74) is 0.0616. The van der Waals surface area contributed by atoms with Crippen LogP contribution in [0.4, 0.5) is 4.79 Å². The largest absolute Gasteiger partial charge is 0.396 e. The summed E-state index contributed by atoms with van der Waals surface area (Å²) >= 11 is 0. The Labute approximate surface area is 118 Å². The minimum absolute atomic E-state index is 0.0110. The highest BCUT2D eigenvalue weighted by Gasteiger charge is 2.27. The minimum Gasteiger partial charge on any atom is -0.396 e. The molecule has 19 heavy (non-hydrogen) atoms. The number of aliphatic hydroxyl groups excluding tert-OH is 1. The summed E-state index contributed by atoms with van der Waals surface area (Å²) in [6.45, 7) is 13.3. The lowest BCUT2D eigenvalue weighted by molar-refractivity contribution is 0.161. The molecule has 1 unspecified atom stereocenters. The van der Waals surface area contributed by atoms with E-state index in [2.05, 4.69) is 45.3 Å². The first kappa shape index (κ1) is 18.2. The minimum atomic E-state index is -0.119. The summed E-state index contributed by atoms with van der Waals surface area (Å²) in [5.74, 6) is 0. The highest BCUT2D eigenvalue weighted by atomic mass is 16.3. The normalized spacial score (nSPS) is 14.1. The van der Waals surface area contributed by atoms with Gasteiger partial charge in [-0.05, 0) is 37.0 Å². The third kappa shape index (κ3) is 6.28. The Morgan fingerprint density at radius 2 is 1.74 bits per heavy atom. The Morgan fingerprint density at radius 3 is 2.11 bits per heavy atom. The van der Waals surface area contributed by atoms with Crippen LogP contribution >= 0.6 is 0 Å². The molecule has 0 heterocycles. The molecule has 0 rings (SSSR count). The third-order valence-corrected chi connectivity index (χ3v) is 4.41. The molecule has 0 aromatic heterocycles. The molecule has 1 atom stereocenters. The maximum atomic E-state index is 11.9. The fourth-order valence-corrected chi connectivity index (χ4v) is 1.91. The smallest absolute Gasteiger partial charge is 0.315 e. The fourth-order valence-electron chi connectivity index (χ4n) is 1.91. The predicted octanol–water partition coefficient (Wildman–Crippen LogP) is 2.91. The molecule has 3 N–H and O–H groups in total. The zero-order chi connectivity index (χ0) is 15.1. The van der Waals surface area contributed by atoms with Crippen molar-refractivity contribution in [2.75, 3.05) is 13.2 Å². The molecule has 0 aliphatic carbocycles. The lowest BCUT2D eigenvalue weighted by Gasteiger charge is -2.32. The summed E-state index contributed by atoms with van der Waals surface area (Å²) in [5, 5.41) is 15.1. The molecule has 0 radical (unpaired) electrons. The number of aliphatic hydroxyl groups is 1. The van der Waals surface area contributed by atoms with E-state index in [0.29, 0.717) is 6.54 Å². The second-order valence-electron chi connectivity index (χ2n) is 6.60. The Hall–Kier alpha value is -0.770. The molecule has 0 aromatic rings. The number of carbonyl (C=O) groups is 1. The summed E-state index contributed by atoms with van der Waals surface area (Å²) in [4.78, 5) is 11.9. The van der Waals surface area contributed by atoms with Gasteiger partial charge in [-0.3, -0.25) is 0 Å². The van der Waals surface area contributed by atoms with Crippen LogP contribution in [0.1, 0.15) is 60.8 Å².